The minimum absolute atomic E-state index is 0.196. The van der Waals surface area contributed by atoms with Gasteiger partial charge in [-0.15, -0.1) is 0 Å². The molecule has 0 spiro atoms. The lowest BCUT2D eigenvalue weighted by Gasteiger charge is -2.22. The molecule has 0 saturated carbocycles. The van der Waals surface area contributed by atoms with E-state index < -0.39 is 11.3 Å². The Kier molecular flexibility index (Phi) is 7.29. The van der Waals surface area contributed by atoms with Gasteiger partial charge in [-0.05, 0) is 49.2 Å². The Balaban J connectivity index is 1.23. The monoisotopic (exact) mass is 490 g/mol. The number of carbonyl (C=O) groups excluding carboxylic acids is 3. The molecule has 1 unspecified atom stereocenters. The van der Waals surface area contributed by atoms with Crippen LogP contribution in [0.3, 0.4) is 0 Å². The van der Waals surface area contributed by atoms with Crippen LogP contribution in [0.15, 0.2) is 48.5 Å². The van der Waals surface area contributed by atoms with E-state index in [0.717, 1.165) is 17.3 Å². The fourth-order valence-electron chi connectivity index (χ4n) is 3.50. The maximum absolute atomic E-state index is 12.3. The highest BCUT2D eigenvalue weighted by atomic mass is 35.5. The van der Waals surface area contributed by atoms with Crippen LogP contribution in [-0.2, 0) is 16.0 Å². The van der Waals surface area contributed by atoms with Gasteiger partial charge in [0.15, 0.2) is 6.10 Å². The van der Waals surface area contributed by atoms with Crippen LogP contribution in [0.1, 0.15) is 12.5 Å². The highest BCUT2D eigenvalue weighted by Crippen LogP contribution is 2.24. The number of nitrogens with zero attached hydrogens (tertiary/aromatic N) is 1. The highest BCUT2D eigenvalue weighted by molar-refractivity contribution is 8.15. The van der Waals surface area contributed by atoms with Crippen molar-refractivity contribution in [1.82, 2.24) is 10.2 Å². The second-order valence-corrected chi connectivity index (χ2v) is 9.43. The number of nitrogens with one attached hydrogen (secondary N) is 1. The number of amides is 3. The zero-order chi connectivity index (χ0) is 23.4. The Morgan fingerprint density at radius 1 is 1.15 bits per heavy atom. The molecule has 1 N–H and O–H groups in total. The molecule has 174 valence electrons. The van der Waals surface area contributed by atoms with E-state index in [9.17, 15) is 14.4 Å². The largest absolute Gasteiger partial charge is 0.491 e. The standard InChI is InChI=1S/C23H23ClN2O6S/c1-14(26-11-19(32-23(26)29)13-31-18-4-2-3-16(24)10-18)12-30-17-7-5-15(6-8-17)9-20-21(27)25-22(28)33-20/h2-8,10,14,19-20H,9,11-13H2,1H3,(H,25,27,28)/t14-,19+,20?/m1/s1. The smallest absolute Gasteiger partial charge is 0.410 e. The Labute approximate surface area is 200 Å². The molecule has 2 aromatic rings. The molecule has 2 aromatic carbocycles. The predicted molar refractivity (Wildman–Crippen MR) is 124 cm³/mol. The molecule has 8 nitrogen and oxygen atoms in total. The SMILES string of the molecule is C[C@H](COc1ccc(CC2SC(=O)NC2=O)cc1)N1C[C@@H](COc2cccc(Cl)c2)OC1=O. The number of hydrogen-bond donors (Lipinski definition) is 1. The average Bonchev–Trinajstić information content (AvgIpc) is 3.32. The van der Waals surface area contributed by atoms with Crippen LogP contribution in [0.4, 0.5) is 9.59 Å². The first-order chi connectivity index (χ1) is 15.9. The number of benzene rings is 2. The van der Waals surface area contributed by atoms with Crippen LogP contribution >= 0.6 is 23.4 Å². The molecule has 10 heteroatoms. The Bertz CT molecular complexity index is 1030. The Morgan fingerprint density at radius 3 is 2.64 bits per heavy atom. The molecule has 0 bridgehead atoms. The molecule has 2 heterocycles. The van der Waals surface area contributed by atoms with Crippen LogP contribution in [0, 0.1) is 0 Å². The van der Waals surface area contributed by atoms with Gasteiger partial charge in [-0.25, -0.2) is 4.79 Å². The van der Waals surface area contributed by atoms with Crippen molar-refractivity contribution in [1.29, 1.82) is 0 Å². The summed E-state index contributed by atoms with van der Waals surface area (Å²) in [6.45, 7) is 2.83. The second-order valence-electron chi connectivity index (χ2n) is 7.82. The summed E-state index contributed by atoms with van der Waals surface area (Å²) in [7, 11) is 0. The summed E-state index contributed by atoms with van der Waals surface area (Å²) in [6.07, 6.45) is -0.309. The number of cyclic esters (lactones) is 1. The fraction of sp³-hybridized carbons (Fsp3) is 0.348. The van der Waals surface area contributed by atoms with Crippen LogP contribution in [0.25, 0.3) is 0 Å². The van der Waals surface area contributed by atoms with Crippen molar-refractivity contribution in [3.63, 3.8) is 0 Å². The normalized spacial score (nSPS) is 21.0. The molecular formula is C23H23ClN2O6S. The summed E-state index contributed by atoms with van der Waals surface area (Å²) in [5, 5.41) is 2.16. The van der Waals surface area contributed by atoms with Crippen molar-refractivity contribution in [3.05, 3.63) is 59.1 Å². The van der Waals surface area contributed by atoms with Gasteiger partial charge in [0.05, 0.1) is 17.8 Å². The molecule has 0 radical (unpaired) electrons. The van der Waals surface area contributed by atoms with Gasteiger partial charge < -0.3 is 14.2 Å². The van der Waals surface area contributed by atoms with Crippen molar-refractivity contribution < 1.29 is 28.6 Å². The van der Waals surface area contributed by atoms with Crippen LogP contribution in [0.2, 0.25) is 5.02 Å². The number of imide groups is 1. The number of halogens is 1. The van der Waals surface area contributed by atoms with E-state index in [2.05, 4.69) is 5.32 Å². The number of thioether (sulfide) groups is 1. The van der Waals surface area contributed by atoms with E-state index in [4.69, 9.17) is 25.8 Å². The van der Waals surface area contributed by atoms with E-state index in [1.807, 2.05) is 31.2 Å². The van der Waals surface area contributed by atoms with Gasteiger partial charge in [0.1, 0.15) is 24.7 Å². The highest BCUT2D eigenvalue weighted by Gasteiger charge is 2.35. The van der Waals surface area contributed by atoms with Crippen molar-refractivity contribution in [3.8, 4) is 11.5 Å². The summed E-state index contributed by atoms with van der Waals surface area (Å²) >= 11 is 6.96. The summed E-state index contributed by atoms with van der Waals surface area (Å²) in [5.74, 6) is 1.02. The molecule has 2 fully saturated rings. The number of ether oxygens (including phenoxy) is 3. The third-order valence-electron chi connectivity index (χ3n) is 5.27. The van der Waals surface area contributed by atoms with E-state index in [-0.39, 0.29) is 29.9 Å². The van der Waals surface area contributed by atoms with Crippen molar-refractivity contribution in [2.24, 2.45) is 0 Å². The van der Waals surface area contributed by atoms with Gasteiger partial charge in [0.2, 0.25) is 5.91 Å². The third kappa shape index (κ3) is 6.11. The fourth-order valence-corrected chi connectivity index (χ4v) is 4.54. The van der Waals surface area contributed by atoms with Gasteiger partial charge in [-0.1, -0.05) is 41.6 Å². The second kappa shape index (κ2) is 10.4. The summed E-state index contributed by atoms with van der Waals surface area (Å²) in [6, 6.07) is 14.2. The van der Waals surface area contributed by atoms with Crippen LogP contribution in [-0.4, -0.2) is 59.3 Å². The first kappa shape index (κ1) is 23.3. The molecule has 3 atom stereocenters. The van der Waals surface area contributed by atoms with E-state index >= 15 is 0 Å². The van der Waals surface area contributed by atoms with Crippen LogP contribution in [0.5, 0.6) is 11.5 Å². The molecule has 2 aliphatic heterocycles. The van der Waals surface area contributed by atoms with Gasteiger partial charge in [-0.2, -0.15) is 0 Å². The van der Waals surface area contributed by atoms with E-state index in [1.54, 1.807) is 29.2 Å². The molecule has 2 aliphatic rings. The van der Waals surface area contributed by atoms with E-state index in [1.165, 1.54) is 0 Å². The summed E-state index contributed by atoms with van der Waals surface area (Å²) in [5.41, 5.74) is 0.934. The molecule has 4 rings (SSSR count). The summed E-state index contributed by atoms with van der Waals surface area (Å²) in [4.78, 5) is 36.9. The number of carbonyl (C=O) groups is 3. The van der Waals surface area contributed by atoms with Gasteiger partial charge >= 0.3 is 6.09 Å². The lowest BCUT2D eigenvalue weighted by molar-refractivity contribution is -0.118. The quantitative estimate of drug-likeness (QED) is 0.569. The third-order valence-corrected chi connectivity index (χ3v) is 6.49. The average molecular weight is 491 g/mol. The molecule has 33 heavy (non-hydrogen) atoms. The minimum atomic E-state index is -0.402. The first-order valence-corrected chi connectivity index (χ1v) is 11.7. The maximum Gasteiger partial charge on any atom is 0.410 e. The lowest BCUT2D eigenvalue weighted by Crippen LogP contribution is -2.38. The maximum atomic E-state index is 12.3. The molecule has 0 aliphatic carbocycles. The zero-order valence-corrected chi connectivity index (χ0v) is 19.4. The zero-order valence-electron chi connectivity index (χ0n) is 17.9. The molecule has 0 aromatic heterocycles. The Hall–Kier alpha value is -2.91. The topological polar surface area (TPSA) is 94.2 Å². The number of rotatable bonds is 9. The van der Waals surface area contributed by atoms with Gasteiger partial charge in [0.25, 0.3) is 5.24 Å². The van der Waals surface area contributed by atoms with Gasteiger partial charge in [0, 0.05) is 5.02 Å². The minimum Gasteiger partial charge on any atom is -0.491 e. The van der Waals surface area contributed by atoms with Crippen molar-refractivity contribution in [2.45, 2.75) is 30.7 Å². The first-order valence-electron chi connectivity index (χ1n) is 10.5. The predicted octanol–water partition coefficient (Wildman–Crippen LogP) is 3.90. The van der Waals surface area contributed by atoms with Crippen molar-refractivity contribution >= 4 is 40.6 Å². The summed E-state index contributed by atoms with van der Waals surface area (Å²) < 4.78 is 16.9. The lowest BCUT2D eigenvalue weighted by atomic mass is 10.1. The molecular weight excluding hydrogens is 468 g/mol. The van der Waals surface area contributed by atoms with E-state index in [0.29, 0.717) is 36.1 Å². The molecule has 2 saturated heterocycles. The van der Waals surface area contributed by atoms with Crippen LogP contribution < -0.4 is 14.8 Å². The molecule has 3 amide bonds. The Morgan fingerprint density at radius 2 is 1.94 bits per heavy atom. The van der Waals surface area contributed by atoms with Gasteiger partial charge in [-0.3, -0.25) is 19.8 Å². The number of hydrogen-bond acceptors (Lipinski definition) is 7. The van der Waals surface area contributed by atoms with Crippen molar-refractivity contribution in [2.75, 3.05) is 19.8 Å².